The zero-order valence-corrected chi connectivity index (χ0v) is 10.7. The predicted molar refractivity (Wildman–Crippen MR) is 75.6 cm³/mol. The summed E-state index contributed by atoms with van der Waals surface area (Å²) in [6.45, 7) is 4.14. The molecule has 18 heavy (non-hydrogen) atoms. The van der Waals surface area contributed by atoms with Crippen LogP contribution in [0.1, 0.15) is 19.4 Å². The van der Waals surface area contributed by atoms with E-state index in [-0.39, 0.29) is 5.60 Å². The topological polar surface area (TPSA) is 9.23 Å². The molecule has 0 N–H and O–H groups in total. The summed E-state index contributed by atoms with van der Waals surface area (Å²) in [4.78, 5) is 0. The molecule has 0 spiro atoms. The second-order valence-corrected chi connectivity index (χ2v) is 5.16. The van der Waals surface area contributed by atoms with E-state index in [1.54, 1.807) is 0 Å². The molecule has 0 saturated carbocycles. The standard InChI is InChI=1S/C17H16O/c1-17(2)11-10-14-8-9-15(12-16(14)18-17)13-6-4-3-5-7-13/h3-12H,1-2H3. The highest BCUT2D eigenvalue weighted by molar-refractivity contribution is 5.71. The summed E-state index contributed by atoms with van der Waals surface area (Å²) in [5.74, 6) is 0.962. The number of benzene rings is 2. The van der Waals surface area contributed by atoms with E-state index in [9.17, 15) is 0 Å². The van der Waals surface area contributed by atoms with Crippen molar-refractivity contribution in [2.24, 2.45) is 0 Å². The van der Waals surface area contributed by atoms with Gasteiger partial charge >= 0.3 is 0 Å². The molecular weight excluding hydrogens is 220 g/mol. The van der Waals surface area contributed by atoms with Crippen LogP contribution in [0.15, 0.2) is 54.6 Å². The highest BCUT2D eigenvalue weighted by Gasteiger charge is 2.21. The molecule has 0 aromatic heterocycles. The van der Waals surface area contributed by atoms with E-state index >= 15 is 0 Å². The zero-order valence-electron chi connectivity index (χ0n) is 10.7. The third-order valence-electron chi connectivity index (χ3n) is 3.16. The van der Waals surface area contributed by atoms with Crippen molar-refractivity contribution in [1.29, 1.82) is 0 Å². The molecule has 1 nitrogen and oxygen atoms in total. The van der Waals surface area contributed by atoms with Crippen LogP contribution in [0, 0.1) is 0 Å². The quantitative estimate of drug-likeness (QED) is 0.706. The third-order valence-corrected chi connectivity index (χ3v) is 3.16. The number of rotatable bonds is 1. The second kappa shape index (κ2) is 4.02. The Balaban J connectivity index is 2.05. The summed E-state index contributed by atoms with van der Waals surface area (Å²) in [6.07, 6.45) is 4.23. The Morgan fingerprint density at radius 2 is 1.67 bits per heavy atom. The number of hydrogen-bond acceptors (Lipinski definition) is 1. The lowest BCUT2D eigenvalue weighted by atomic mass is 9.98. The van der Waals surface area contributed by atoms with Crippen molar-refractivity contribution >= 4 is 6.08 Å². The van der Waals surface area contributed by atoms with Crippen LogP contribution in [0.2, 0.25) is 0 Å². The molecule has 1 aliphatic rings. The molecule has 0 saturated heterocycles. The first-order valence-electron chi connectivity index (χ1n) is 6.22. The van der Waals surface area contributed by atoms with Gasteiger partial charge in [0.25, 0.3) is 0 Å². The van der Waals surface area contributed by atoms with Crippen molar-refractivity contribution in [3.05, 3.63) is 60.2 Å². The van der Waals surface area contributed by atoms with Crippen LogP contribution in [0.4, 0.5) is 0 Å². The largest absolute Gasteiger partial charge is 0.483 e. The Kier molecular flexibility index (Phi) is 2.48. The fourth-order valence-electron chi connectivity index (χ4n) is 2.18. The lowest BCUT2D eigenvalue weighted by molar-refractivity contribution is 0.159. The summed E-state index contributed by atoms with van der Waals surface area (Å²) in [5, 5.41) is 0. The molecule has 0 atom stereocenters. The molecule has 1 heterocycles. The van der Waals surface area contributed by atoms with Crippen LogP contribution >= 0.6 is 0 Å². The number of ether oxygens (including phenoxy) is 1. The Morgan fingerprint density at radius 3 is 2.44 bits per heavy atom. The molecule has 0 bridgehead atoms. The first-order chi connectivity index (χ1) is 8.64. The molecule has 0 unspecified atom stereocenters. The van der Waals surface area contributed by atoms with Crippen LogP contribution in [0.3, 0.4) is 0 Å². The van der Waals surface area contributed by atoms with Gasteiger partial charge in [0.2, 0.25) is 0 Å². The van der Waals surface area contributed by atoms with Crippen molar-refractivity contribution in [3.63, 3.8) is 0 Å². The lowest BCUT2D eigenvalue weighted by Crippen LogP contribution is -2.27. The predicted octanol–water partition coefficient (Wildman–Crippen LogP) is 4.54. The summed E-state index contributed by atoms with van der Waals surface area (Å²) in [7, 11) is 0. The highest BCUT2D eigenvalue weighted by atomic mass is 16.5. The summed E-state index contributed by atoms with van der Waals surface area (Å²) in [6, 6.07) is 16.7. The van der Waals surface area contributed by atoms with Crippen molar-refractivity contribution in [2.75, 3.05) is 0 Å². The van der Waals surface area contributed by atoms with Gasteiger partial charge in [-0.05, 0) is 37.1 Å². The molecule has 90 valence electrons. The first-order valence-corrected chi connectivity index (χ1v) is 6.22. The minimum atomic E-state index is -0.220. The Bertz CT molecular complexity index is 594. The van der Waals surface area contributed by atoms with Crippen LogP contribution in [-0.4, -0.2) is 5.60 Å². The Hall–Kier alpha value is -2.02. The zero-order chi connectivity index (χ0) is 12.6. The molecular formula is C17H16O. The maximum atomic E-state index is 5.99. The van der Waals surface area contributed by atoms with E-state index in [0.717, 1.165) is 11.3 Å². The van der Waals surface area contributed by atoms with E-state index in [4.69, 9.17) is 4.74 Å². The van der Waals surface area contributed by atoms with Crippen molar-refractivity contribution in [2.45, 2.75) is 19.4 Å². The molecule has 1 aliphatic heterocycles. The molecule has 2 aromatic carbocycles. The number of hydrogen-bond donors (Lipinski definition) is 0. The lowest BCUT2D eigenvalue weighted by Gasteiger charge is -2.28. The van der Waals surface area contributed by atoms with Gasteiger partial charge in [0.1, 0.15) is 11.4 Å². The van der Waals surface area contributed by atoms with Gasteiger partial charge in [-0.1, -0.05) is 48.5 Å². The summed E-state index contributed by atoms with van der Waals surface area (Å²) in [5.41, 5.74) is 3.34. The average Bonchev–Trinajstić information content (AvgIpc) is 2.38. The highest BCUT2D eigenvalue weighted by Crippen LogP contribution is 2.34. The first kappa shape index (κ1) is 11.1. The molecule has 1 heteroatoms. The molecule has 0 radical (unpaired) electrons. The Morgan fingerprint density at radius 1 is 0.889 bits per heavy atom. The van der Waals surface area contributed by atoms with Gasteiger partial charge < -0.3 is 4.74 Å². The molecule has 0 fully saturated rings. The van der Waals surface area contributed by atoms with Gasteiger partial charge in [0.05, 0.1) is 0 Å². The molecule has 3 rings (SSSR count). The van der Waals surface area contributed by atoms with Gasteiger partial charge in [-0.3, -0.25) is 0 Å². The average molecular weight is 236 g/mol. The summed E-state index contributed by atoms with van der Waals surface area (Å²) < 4.78 is 5.99. The van der Waals surface area contributed by atoms with Crippen molar-refractivity contribution in [1.82, 2.24) is 0 Å². The smallest absolute Gasteiger partial charge is 0.128 e. The van der Waals surface area contributed by atoms with Crippen LogP contribution in [0.25, 0.3) is 17.2 Å². The van der Waals surface area contributed by atoms with Gasteiger partial charge in [0.15, 0.2) is 0 Å². The van der Waals surface area contributed by atoms with E-state index in [0.29, 0.717) is 0 Å². The van der Waals surface area contributed by atoms with Gasteiger partial charge in [-0.15, -0.1) is 0 Å². The van der Waals surface area contributed by atoms with Crippen LogP contribution < -0.4 is 4.74 Å². The van der Waals surface area contributed by atoms with E-state index in [1.165, 1.54) is 11.1 Å². The van der Waals surface area contributed by atoms with E-state index < -0.39 is 0 Å². The minimum Gasteiger partial charge on any atom is -0.483 e. The molecule has 2 aromatic rings. The van der Waals surface area contributed by atoms with Crippen LogP contribution in [-0.2, 0) is 0 Å². The third kappa shape index (κ3) is 2.04. The van der Waals surface area contributed by atoms with Crippen molar-refractivity contribution < 1.29 is 4.74 Å². The van der Waals surface area contributed by atoms with Gasteiger partial charge in [-0.2, -0.15) is 0 Å². The Labute approximate surface area is 108 Å². The van der Waals surface area contributed by atoms with Crippen molar-refractivity contribution in [3.8, 4) is 16.9 Å². The van der Waals surface area contributed by atoms with Gasteiger partial charge in [0, 0.05) is 5.56 Å². The molecule has 0 aliphatic carbocycles. The van der Waals surface area contributed by atoms with E-state index in [2.05, 4.69) is 68.5 Å². The second-order valence-electron chi connectivity index (χ2n) is 5.16. The fraction of sp³-hybridized carbons (Fsp3) is 0.176. The summed E-state index contributed by atoms with van der Waals surface area (Å²) >= 11 is 0. The van der Waals surface area contributed by atoms with Crippen LogP contribution in [0.5, 0.6) is 5.75 Å². The SMILES string of the molecule is CC1(C)C=Cc2ccc(-c3ccccc3)cc2O1. The normalized spacial score (nSPS) is 15.9. The maximum absolute atomic E-state index is 5.99. The fourth-order valence-corrected chi connectivity index (χ4v) is 2.18. The monoisotopic (exact) mass is 236 g/mol. The van der Waals surface area contributed by atoms with Gasteiger partial charge in [-0.25, -0.2) is 0 Å². The molecule has 0 amide bonds. The van der Waals surface area contributed by atoms with E-state index in [1.807, 2.05) is 6.07 Å². The maximum Gasteiger partial charge on any atom is 0.128 e. The minimum absolute atomic E-state index is 0.220. The number of fused-ring (bicyclic) bond motifs is 1.